The number of pyridine rings is 1. The van der Waals surface area contributed by atoms with Crippen LogP contribution in [0.3, 0.4) is 0 Å². The lowest BCUT2D eigenvalue weighted by Crippen LogP contribution is -2.40. The van der Waals surface area contributed by atoms with Crippen LogP contribution < -0.4 is 5.56 Å². The summed E-state index contributed by atoms with van der Waals surface area (Å²) in [5, 5.41) is 13.0. The van der Waals surface area contributed by atoms with Crippen molar-refractivity contribution in [2.75, 3.05) is 7.05 Å². The van der Waals surface area contributed by atoms with Crippen molar-refractivity contribution >= 4 is 27.5 Å². The van der Waals surface area contributed by atoms with Crippen molar-refractivity contribution < 1.29 is 5.11 Å². The summed E-state index contributed by atoms with van der Waals surface area (Å²) in [5.74, 6) is 0.856. The molecule has 0 aliphatic carbocycles. The van der Waals surface area contributed by atoms with Crippen molar-refractivity contribution in [1.82, 2.24) is 23.7 Å². The first kappa shape index (κ1) is 23.8. The molecule has 186 valence electrons. The van der Waals surface area contributed by atoms with Crippen LogP contribution in [0.25, 0.3) is 32.9 Å². The number of aliphatic hydroxyl groups is 1. The van der Waals surface area contributed by atoms with Crippen LogP contribution in [0.1, 0.15) is 39.1 Å². The van der Waals surface area contributed by atoms with E-state index in [-0.39, 0.29) is 5.56 Å². The maximum atomic E-state index is 12.6. The summed E-state index contributed by atoms with van der Waals surface area (Å²) in [6.07, 6.45) is 9.42. The minimum atomic E-state index is -1.09. The first-order valence-electron chi connectivity index (χ1n) is 12.0. The SMILES string of the molecule is CN=C(C)C(C)(c1nccn1C)n1ccc2c(C(C)(C)O)cc(-c3cn(C)c4c(=O)[nH]ccc34)cc21. The smallest absolute Gasteiger partial charge is 0.272 e. The van der Waals surface area contributed by atoms with Crippen LogP contribution in [-0.2, 0) is 25.2 Å². The monoisotopic (exact) mass is 484 g/mol. The molecule has 4 aromatic heterocycles. The third-order valence-electron chi connectivity index (χ3n) is 7.46. The van der Waals surface area contributed by atoms with E-state index in [0.717, 1.165) is 44.5 Å². The second kappa shape index (κ2) is 8.06. The number of fused-ring (bicyclic) bond motifs is 2. The zero-order chi connectivity index (χ0) is 26.0. The molecule has 5 rings (SSSR count). The maximum Gasteiger partial charge on any atom is 0.272 e. The molecule has 1 atom stereocenters. The van der Waals surface area contributed by atoms with Gasteiger partial charge >= 0.3 is 0 Å². The van der Waals surface area contributed by atoms with E-state index in [1.54, 1.807) is 33.3 Å². The summed E-state index contributed by atoms with van der Waals surface area (Å²) in [6, 6.07) is 8.13. The van der Waals surface area contributed by atoms with E-state index in [4.69, 9.17) is 4.98 Å². The van der Waals surface area contributed by atoms with Gasteiger partial charge in [-0.3, -0.25) is 9.79 Å². The normalized spacial score (nSPS) is 14.6. The standard InChI is InChI=1S/C28H32N6O2/c1-17(29-5)28(4,26-31-11-13-32(26)6)34-12-9-20-22(27(2,3)36)14-18(15-23(20)34)21-16-33(7)24-19(21)8-10-30-25(24)35/h8-16,36H,1-7H3,(H,30,35). The van der Waals surface area contributed by atoms with Crippen molar-refractivity contribution in [3.63, 3.8) is 0 Å². The van der Waals surface area contributed by atoms with E-state index in [0.29, 0.717) is 5.52 Å². The fourth-order valence-corrected chi connectivity index (χ4v) is 5.39. The van der Waals surface area contributed by atoms with E-state index in [2.05, 4.69) is 27.5 Å². The molecule has 0 saturated heterocycles. The molecule has 36 heavy (non-hydrogen) atoms. The van der Waals surface area contributed by atoms with Crippen LogP contribution in [0.2, 0.25) is 0 Å². The molecule has 1 unspecified atom stereocenters. The molecular weight excluding hydrogens is 452 g/mol. The summed E-state index contributed by atoms with van der Waals surface area (Å²) >= 11 is 0. The van der Waals surface area contributed by atoms with Gasteiger partial charge in [0.2, 0.25) is 0 Å². The summed E-state index contributed by atoms with van der Waals surface area (Å²) in [7, 11) is 5.65. The number of nitrogens with one attached hydrogen (secondary N) is 1. The molecule has 0 spiro atoms. The molecule has 0 radical (unpaired) electrons. The first-order valence-corrected chi connectivity index (χ1v) is 12.0. The third kappa shape index (κ3) is 3.36. The fourth-order valence-electron chi connectivity index (χ4n) is 5.39. The predicted molar refractivity (Wildman–Crippen MR) is 145 cm³/mol. The van der Waals surface area contributed by atoms with Crippen LogP contribution >= 0.6 is 0 Å². The number of aromatic amines is 1. The van der Waals surface area contributed by atoms with E-state index in [1.165, 1.54) is 0 Å². The Labute approximate surface area is 209 Å². The first-order chi connectivity index (χ1) is 17.0. The third-order valence-corrected chi connectivity index (χ3v) is 7.46. The molecule has 4 heterocycles. The number of hydrogen-bond donors (Lipinski definition) is 2. The van der Waals surface area contributed by atoms with Gasteiger partial charge in [0.05, 0.1) is 11.1 Å². The number of rotatable bonds is 5. The lowest BCUT2D eigenvalue weighted by molar-refractivity contribution is 0.0802. The molecule has 8 heteroatoms. The number of imidazole rings is 1. The minimum Gasteiger partial charge on any atom is -0.386 e. The zero-order valence-electron chi connectivity index (χ0n) is 21.8. The number of nitrogens with zero attached hydrogens (tertiary/aromatic N) is 5. The van der Waals surface area contributed by atoms with Crippen LogP contribution in [0.5, 0.6) is 0 Å². The Morgan fingerprint density at radius 2 is 1.83 bits per heavy atom. The second-order valence-corrected chi connectivity index (χ2v) is 10.2. The van der Waals surface area contributed by atoms with E-state index >= 15 is 0 Å². The predicted octanol–water partition coefficient (Wildman–Crippen LogP) is 4.30. The molecule has 0 aliphatic heterocycles. The van der Waals surface area contributed by atoms with Gasteiger partial charge in [-0.15, -0.1) is 0 Å². The van der Waals surface area contributed by atoms with Gasteiger partial charge in [-0.2, -0.15) is 0 Å². The molecule has 8 nitrogen and oxygen atoms in total. The average Bonchev–Trinajstić information content (AvgIpc) is 3.54. The number of aromatic nitrogens is 5. The second-order valence-electron chi connectivity index (χ2n) is 10.2. The van der Waals surface area contributed by atoms with Gasteiger partial charge in [-0.25, -0.2) is 4.98 Å². The lowest BCUT2D eigenvalue weighted by atomic mass is 9.90. The van der Waals surface area contributed by atoms with Gasteiger partial charge in [0.1, 0.15) is 16.9 Å². The highest BCUT2D eigenvalue weighted by atomic mass is 16.3. The molecule has 0 amide bonds. The number of H-pyrrole nitrogens is 1. The Hall–Kier alpha value is -3.91. The van der Waals surface area contributed by atoms with E-state index < -0.39 is 11.1 Å². The van der Waals surface area contributed by atoms with Crippen molar-refractivity contribution in [3.05, 3.63) is 77.0 Å². The van der Waals surface area contributed by atoms with Crippen molar-refractivity contribution in [1.29, 1.82) is 0 Å². The number of aliphatic imine (C=N–C) groups is 1. The van der Waals surface area contributed by atoms with Crippen molar-refractivity contribution in [3.8, 4) is 11.1 Å². The summed E-state index contributed by atoms with van der Waals surface area (Å²) in [4.78, 5) is 24.6. The molecule has 2 N–H and O–H groups in total. The molecule has 1 aromatic carbocycles. The minimum absolute atomic E-state index is 0.134. The van der Waals surface area contributed by atoms with Crippen LogP contribution in [0.4, 0.5) is 0 Å². The van der Waals surface area contributed by atoms with Gasteiger partial charge in [-0.1, -0.05) is 0 Å². The largest absolute Gasteiger partial charge is 0.386 e. The van der Waals surface area contributed by atoms with Gasteiger partial charge in [0.15, 0.2) is 0 Å². The quantitative estimate of drug-likeness (QED) is 0.364. The van der Waals surface area contributed by atoms with Crippen LogP contribution in [0, 0.1) is 0 Å². The van der Waals surface area contributed by atoms with Crippen LogP contribution in [0.15, 0.2) is 65.0 Å². The average molecular weight is 485 g/mol. The summed E-state index contributed by atoms with van der Waals surface area (Å²) < 4.78 is 6.05. The number of aryl methyl sites for hydroxylation is 2. The van der Waals surface area contributed by atoms with Gasteiger partial charge < -0.3 is 23.8 Å². The molecular formula is C28H32N6O2. The Morgan fingerprint density at radius 3 is 2.47 bits per heavy atom. The van der Waals surface area contributed by atoms with Crippen molar-refractivity contribution in [2.24, 2.45) is 19.1 Å². The summed E-state index contributed by atoms with van der Waals surface area (Å²) in [5.41, 5.74) is 3.23. The Bertz CT molecular complexity index is 1710. The number of benzene rings is 1. The molecule has 5 aromatic rings. The van der Waals surface area contributed by atoms with Gasteiger partial charge in [0.25, 0.3) is 5.56 Å². The molecule has 0 bridgehead atoms. The Morgan fingerprint density at radius 1 is 1.08 bits per heavy atom. The van der Waals surface area contributed by atoms with Gasteiger partial charge in [-0.05, 0) is 63.1 Å². The molecule has 0 fully saturated rings. The van der Waals surface area contributed by atoms with Gasteiger partial charge in [0, 0.05) is 74.2 Å². The summed E-state index contributed by atoms with van der Waals surface area (Å²) in [6.45, 7) is 7.73. The molecule has 0 saturated carbocycles. The fraction of sp³-hybridized carbons (Fsp3) is 0.321. The highest BCUT2D eigenvalue weighted by Gasteiger charge is 2.37. The lowest BCUT2D eigenvalue weighted by Gasteiger charge is -2.32. The highest BCUT2D eigenvalue weighted by molar-refractivity contribution is 6.00. The Balaban J connectivity index is 1.89. The highest BCUT2D eigenvalue weighted by Crippen LogP contribution is 2.39. The van der Waals surface area contributed by atoms with Crippen molar-refractivity contribution in [2.45, 2.75) is 38.8 Å². The zero-order valence-corrected chi connectivity index (χ0v) is 21.8. The number of hydrogen-bond acceptors (Lipinski definition) is 4. The van der Waals surface area contributed by atoms with E-state index in [1.807, 2.05) is 66.9 Å². The van der Waals surface area contributed by atoms with Crippen LogP contribution in [-0.4, -0.2) is 41.5 Å². The van der Waals surface area contributed by atoms with E-state index in [9.17, 15) is 9.90 Å². The maximum absolute atomic E-state index is 12.6. The topological polar surface area (TPSA) is 93.1 Å². The molecule has 0 aliphatic rings. The Kier molecular flexibility index (Phi) is 5.33.